The molecule has 1 saturated carbocycles. The number of hydrogen-bond donors (Lipinski definition) is 1. The second-order valence-electron chi connectivity index (χ2n) is 8.46. The molecule has 2 aliphatic rings. The number of benzene rings is 1. The van der Waals surface area contributed by atoms with Gasteiger partial charge in [0.1, 0.15) is 5.54 Å². The van der Waals surface area contributed by atoms with Crippen LogP contribution in [0.2, 0.25) is 0 Å². The van der Waals surface area contributed by atoms with Crippen molar-refractivity contribution in [1.29, 1.82) is 0 Å². The van der Waals surface area contributed by atoms with Crippen molar-refractivity contribution in [2.45, 2.75) is 58.3 Å². The van der Waals surface area contributed by atoms with Gasteiger partial charge in [-0.05, 0) is 48.3 Å². The molecule has 0 aromatic heterocycles. The standard InChI is InChI=1S/C19H23F3N2O2/c1-12-8-17(2,3)11-18(9-12)15(25)24(16(26)23-18)10-13-5-4-6-14(7-13)19(20,21)22/h4-7,12H,8-11H2,1-3H3,(H,23,26)/t12-,18+/m0/s1. The number of carbonyl (C=O) groups excluding carboxylic acids is 2. The smallest absolute Gasteiger partial charge is 0.323 e. The Balaban J connectivity index is 1.84. The summed E-state index contributed by atoms with van der Waals surface area (Å²) in [6.07, 6.45) is -2.41. The Morgan fingerprint density at radius 2 is 1.92 bits per heavy atom. The van der Waals surface area contributed by atoms with Crippen molar-refractivity contribution in [1.82, 2.24) is 10.2 Å². The highest BCUT2D eigenvalue weighted by Gasteiger charge is 2.56. The van der Waals surface area contributed by atoms with Crippen LogP contribution in [-0.4, -0.2) is 22.4 Å². The third-order valence-electron chi connectivity index (χ3n) is 5.22. The summed E-state index contributed by atoms with van der Waals surface area (Å²) in [4.78, 5) is 26.5. The topological polar surface area (TPSA) is 49.4 Å². The first kappa shape index (κ1) is 18.7. The molecule has 7 heteroatoms. The number of nitrogens with zero attached hydrogens (tertiary/aromatic N) is 1. The highest BCUT2D eigenvalue weighted by molar-refractivity contribution is 6.07. The zero-order valence-corrected chi connectivity index (χ0v) is 15.1. The van der Waals surface area contributed by atoms with E-state index in [9.17, 15) is 22.8 Å². The molecule has 0 bridgehead atoms. The van der Waals surface area contributed by atoms with Crippen molar-refractivity contribution >= 4 is 11.9 Å². The molecule has 2 fully saturated rings. The molecule has 1 heterocycles. The van der Waals surface area contributed by atoms with E-state index in [0.717, 1.165) is 23.5 Å². The van der Waals surface area contributed by atoms with Gasteiger partial charge < -0.3 is 5.32 Å². The highest BCUT2D eigenvalue weighted by atomic mass is 19.4. The van der Waals surface area contributed by atoms with E-state index in [0.29, 0.717) is 12.8 Å². The van der Waals surface area contributed by atoms with Gasteiger partial charge >= 0.3 is 12.2 Å². The molecule has 1 aliphatic heterocycles. The van der Waals surface area contributed by atoms with Crippen molar-refractivity contribution in [2.24, 2.45) is 11.3 Å². The number of urea groups is 1. The average Bonchev–Trinajstić information content (AvgIpc) is 2.68. The summed E-state index contributed by atoms with van der Waals surface area (Å²) in [5.74, 6) is -0.0592. The lowest BCUT2D eigenvalue weighted by atomic mass is 9.64. The number of rotatable bonds is 2. The third kappa shape index (κ3) is 3.44. The van der Waals surface area contributed by atoms with Gasteiger partial charge in [-0.25, -0.2) is 4.79 Å². The monoisotopic (exact) mass is 368 g/mol. The van der Waals surface area contributed by atoms with Crippen LogP contribution in [0.15, 0.2) is 24.3 Å². The quantitative estimate of drug-likeness (QED) is 0.790. The number of amides is 3. The van der Waals surface area contributed by atoms with Gasteiger partial charge in [-0.1, -0.05) is 32.9 Å². The first-order valence-electron chi connectivity index (χ1n) is 8.72. The predicted octanol–water partition coefficient (Wildman–Crippen LogP) is 4.34. The molecule has 0 unspecified atom stereocenters. The van der Waals surface area contributed by atoms with E-state index in [2.05, 4.69) is 26.1 Å². The molecule has 2 atom stereocenters. The molecule has 1 aromatic carbocycles. The van der Waals surface area contributed by atoms with E-state index < -0.39 is 23.3 Å². The minimum atomic E-state index is -4.46. The van der Waals surface area contributed by atoms with Gasteiger partial charge in [0.2, 0.25) is 0 Å². The first-order chi connectivity index (χ1) is 11.9. The predicted molar refractivity (Wildman–Crippen MR) is 90.1 cm³/mol. The maximum atomic E-state index is 13.0. The summed E-state index contributed by atoms with van der Waals surface area (Å²) in [5.41, 5.74) is -1.54. The molecule has 1 aliphatic carbocycles. The van der Waals surface area contributed by atoms with Gasteiger partial charge in [-0.3, -0.25) is 9.69 Å². The third-order valence-corrected chi connectivity index (χ3v) is 5.22. The largest absolute Gasteiger partial charge is 0.416 e. The van der Waals surface area contributed by atoms with Crippen LogP contribution in [0.25, 0.3) is 0 Å². The molecule has 142 valence electrons. The molecule has 4 nitrogen and oxygen atoms in total. The summed E-state index contributed by atoms with van der Waals surface area (Å²) in [6, 6.07) is 4.21. The summed E-state index contributed by atoms with van der Waals surface area (Å²) in [6.45, 7) is 6.03. The second kappa shape index (κ2) is 5.99. The van der Waals surface area contributed by atoms with Crippen molar-refractivity contribution in [2.75, 3.05) is 0 Å². The number of imide groups is 1. The molecule has 26 heavy (non-hydrogen) atoms. The molecular formula is C19H23F3N2O2. The van der Waals surface area contributed by atoms with Crippen LogP contribution in [0.1, 0.15) is 51.2 Å². The first-order valence-corrected chi connectivity index (χ1v) is 8.72. The van der Waals surface area contributed by atoms with Crippen LogP contribution in [0, 0.1) is 11.3 Å². The van der Waals surface area contributed by atoms with E-state index in [-0.39, 0.29) is 29.3 Å². The van der Waals surface area contributed by atoms with E-state index in [1.54, 1.807) is 0 Å². The van der Waals surface area contributed by atoms with E-state index >= 15 is 0 Å². The van der Waals surface area contributed by atoms with Crippen LogP contribution < -0.4 is 5.32 Å². The highest BCUT2D eigenvalue weighted by Crippen LogP contribution is 2.46. The zero-order chi connectivity index (χ0) is 19.3. The SMILES string of the molecule is C[C@H]1CC(C)(C)C[C@@]2(C1)NC(=O)N(Cc1cccc(C(F)(F)F)c1)C2=O. The van der Waals surface area contributed by atoms with Crippen molar-refractivity contribution < 1.29 is 22.8 Å². The molecule has 3 amide bonds. The number of nitrogens with one attached hydrogen (secondary N) is 1. The van der Waals surface area contributed by atoms with Crippen LogP contribution in [-0.2, 0) is 17.5 Å². The number of halogens is 3. The lowest BCUT2D eigenvalue weighted by Gasteiger charge is -2.43. The van der Waals surface area contributed by atoms with Crippen molar-refractivity contribution in [3.05, 3.63) is 35.4 Å². The van der Waals surface area contributed by atoms with Gasteiger partial charge in [0.25, 0.3) is 5.91 Å². The van der Waals surface area contributed by atoms with Gasteiger partial charge in [0, 0.05) is 0 Å². The lowest BCUT2D eigenvalue weighted by Crippen LogP contribution is -2.54. The number of hydrogen-bond acceptors (Lipinski definition) is 2. The van der Waals surface area contributed by atoms with E-state index in [1.165, 1.54) is 12.1 Å². The Labute approximate surface area is 150 Å². The Kier molecular flexibility index (Phi) is 4.32. The lowest BCUT2D eigenvalue weighted by molar-refractivity contribution is -0.137. The van der Waals surface area contributed by atoms with Crippen LogP contribution >= 0.6 is 0 Å². The molecular weight excluding hydrogens is 345 g/mol. The molecule has 1 spiro atoms. The van der Waals surface area contributed by atoms with Crippen molar-refractivity contribution in [3.8, 4) is 0 Å². The fourth-order valence-electron chi connectivity index (χ4n) is 4.68. The molecule has 1 N–H and O–H groups in total. The number of alkyl halides is 3. The number of carbonyl (C=O) groups is 2. The Morgan fingerprint density at radius 1 is 1.23 bits per heavy atom. The summed E-state index contributed by atoms with van der Waals surface area (Å²) in [5, 5.41) is 2.84. The Morgan fingerprint density at radius 3 is 2.54 bits per heavy atom. The Hall–Kier alpha value is -2.05. The minimum absolute atomic E-state index is 0.0905. The van der Waals surface area contributed by atoms with Gasteiger partial charge in [0.15, 0.2) is 0 Å². The summed E-state index contributed by atoms with van der Waals surface area (Å²) >= 11 is 0. The molecule has 0 radical (unpaired) electrons. The van der Waals surface area contributed by atoms with Gasteiger partial charge in [-0.2, -0.15) is 13.2 Å². The Bertz CT molecular complexity index is 745. The van der Waals surface area contributed by atoms with Crippen LogP contribution in [0.5, 0.6) is 0 Å². The van der Waals surface area contributed by atoms with E-state index in [1.807, 2.05) is 0 Å². The average molecular weight is 368 g/mol. The summed E-state index contributed by atoms with van der Waals surface area (Å²) in [7, 11) is 0. The fraction of sp³-hybridized carbons (Fsp3) is 0.579. The molecule has 1 saturated heterocycles. The maximum Gasteiger partial charge on any atom is 0.416 e. The second-order valence-corrected chi connectivity index (χ2v) is 8.46. The fourth-order valence-corrected chi connectivity index (χ4v) is 4.68. The van der Waals surface area contributed by atoms with Gasteiger partial charge in [0.05, 0.1) is 12.1 Å². The zero-order valence-electron chi connectivity index (χ0n) is 15.1. The van der Waals surface area contributed by atoms with Crippen molar-refractivity contribution in [3.63, 3.8) is 0 Å². The van der Waals surface area contributed by atoms with Crippen LogP contribution in [0.4, 0.5) is 18.0 Å². The molecule has 1 aromatic rings. The minimum Gasteiger partial charge on any atom is -0.323 e. The maximum absolute atomic E-state index is 13.0. The molecule has 3 rings (SSSR count). The van der Waals surface area contributed by atoms with E-state index in [4.69, 9.17) is 0 Å². The summed E-state index contributed by atoms with van der Waals surface area (Å²) < 4.78 is 38.7. The van der Waals surface area contributed by atoms with Crippen LogP contribution in [0.3, 0.4) is 0 Å². The van der Waals surface area contributed by atoms with Gasteiger partial charge in [-0.15, -0.1) is 0 Å². The normalized spacial score (nSPS) is 28.5.